The summed E-state index contributed by atoms with van der Waals surface area (Å²) < 4.78 is 4.95. The van der Waals surface area contributed by atoms with Crippen molar-refractivity contribution in [2.24, 2.45) is 5.11 Å². The first-order chi connectivity index (χ1) is 10.7. The minimum atomic E-state index is -0.331. The lowest BCUT2D eigenvalue weighted by Crippen LogP contribution is -2.50. The molecule has 0 radical (unpaired) electrons. The van der Waals surface area contributed by atoms with Gasteiger partial charge in [0.1, 0.15) is 0 Å². The number of ether oxygens (including phenoxy) is 1. The van der Waals surface area contributed by atoms with Gasteiger partial charge in [-0.15, -0.1) is 11.3 Å². The van der Waals surface area contributed by atoms with Gasteiger partial charge in [-0.1, -0.05) is 5.11 Å². The van der Waals surface area contributed by atoms with Gasteiger partial charge in [0.2, 0.25) is 0 Å². The molecule has 0 saturated carbocycles. The van der Waals surface area contributed by atoms with Gasteiger partial charge in [0.05, 0.1) is 18.0 Å². The zero-order valence-corrected chi connectivity index (χ0v) is 13.1. The summed E-state index contributed by atoms with van der Waals surface area (Å²) in [6, 6.07) is 3.54. The molecule has 0 aromatic carbocycles. The Morgan fingerprint density at radius 2 is 2.00 bits per heavy atom. The highest BCUT2D eigenvalue weighted by Gasteiger charge is 2.26. The van der Waals surface area contributed by atoms with E-state index in [4.69, 9.17) is 10.3 Å². The van der Waals surface area contributed by atoms with Crippen molar-refractivity contribution in [1.29, 1.82) is 0 Å². The van der Waals surface area contributed by atoms with Crippen LogP contribution < -0.4 is 0 Å². The van der Waals surface area contributed by atoms with Crippen LogP contribution in [0, 0.1) is 0 Å². The SMILES string of the molecule is CCOC(=O)N1CCN(C(=O)c2ccc(CN=[N+]=[N-])s2)CC1. The Labute approximate surface area is 131 Å². The second-order valence-corrected chi connectivity index (χ2v) is 5.80. The minimum absolute atomic E-state index is 0.0549. The first-order valence-electron chi connectivity index (χ1n) is 6.96. The summed E-state index contributed by atoms with van der Waals surface area (Å²) in [5.74, 6) is -0.0549. The number of carbonyl (C=O) groups excluding carboxylic acids is 2. The standard InChI is InChI=1S/C13H17N5O3S/c1-2-21-13(20)18-7-5-17(6-8-18)12(19)11-4-3-10(22-11)9-15-16-14/h3-4H,2,5-9H2,1H3. The van der Waals surface area contributed by atoms with Crippen LogP contribution in [-0.2, 0) is 11.3 Å². The normalized spacial score (nSPS) is 14.4. The topological polar surface area (TPSA) is 98.6 Å². The number of carbonyl (C=O) groups is 2. The van der Waals surface area contributed by atoms with Gasteiger partial charge in [-0.3, -0.25) is 4.79 Å². The molecule has 0 atom stereocenters. The van der Waals surface area contributed by atoms with Gasteiger partial charge >= 0.3 is 6.09 Å². The van der Waals surface area contributed by atoms with E-state index in [1.807, 2.05) is 0 Å². The van der Waals surface area contributed by atoms with Gasteiger partial charge in [-0.2, -0.15) is 0 Å². The first kappa shape index (κ1) is 16.1. The van der Waals surface area contributed by atoms with Gasteiger partial charge < -0.3 is 14.5 Å². The van der Waals surface area contributed by atoms with Crippen molar-refractivity contribution in [3.8, 4) is 0 Å². The zero-order chi connectivity index (χ0) is 15.9. The maximum Gasteiger partial charge on any atom is 0.409 e. The number of hydrogen-bond donors (Lipinski definition) is 0. The van der Waals surface area contributed by atoms with Crippen LogP contribution in [0.5, 0.6) is 0 Å². The monoisotopic (exact) mass is 323 g/mol. The van der Waals surface area contributed by atoms with Crippen LogP contribution in [0.4, 0.5) is 4.79 Å². The molecular weight excluding hydrogens is 306 g/mol. The molecule has 1 saturated heterocycles. The lowest BCUT2D eigenvalue weighted by molar-refractivity contribution is 0.0574. The van der Waals surface area contributed by atoms with E-state index < -0.39 is 0 Å². The molecule has 1 aromatic rings. The van der Waals surface area contributed by atoms with Crippen molar-refractivity contribution in [2.75, 3.05) is 32.8 Å². The fourth-order valence-electron chi connectivity index (χ4n) is 2.14. The summed E-state index contributed by atoms with van der Waals surface area (Å²) in [6.07, 6.45) is -0.331. The Morgan fingerprint density at radius 3 is 2.64 bits per heavy atom. The lowest BCUT2D eigenvalue weighted by atomic mass is 10.3. The van der Waals surface area contributed by atoms with Gasteiger partial charge in [0.25, 0.3) is 5.91 Å². The summed E-state index contributed by atoms with van der Waals surface area (Å²) in [6.45, 7) is 4.29. The van der Waals surface area contributed by atoms with Crippen LogP contribution in [0.1, 0.15) is 21.5 Å². The number of rotatable bonds is 4. The molecule has 2 heterocycles. The van der Waals surface area contributed by atoms with Gasteiger partial charge in [0.15, 0.2) is 0 Å². The van der Waals surface area contributed by atoms with Crippen molar-refractivity contribution in [1.82, 2.24) is 9.80 Å². The summed E-state index contributed by atoms with van der Waals surface area (Å²) >= 11 is 1.33. The summed E-state index contributed by atoms with van der Waals surface area (Å²) in [5.41, 5.74) is 8.30. The van der Waals surface area contributed by atoms with E-state index in [1.54, 1.807) is 28.9 Å². The third-order valence-electron chi connectivity index (χ3n) is 3.26. The second kappa shape index (κ2) is 7.67. The third kappa shape index (κ3) is 3.90. The molecule has 1 aromatic heterocycles. The minimum Gasteiger partial charge on any atom is -0.450 e. The fraction of sp³-hybridized carbons (Fsp3) is 0.538. The average Bonchev–Trinajstić information content (AvgIpc) is 3.01. The predicted octanol–water partition coefficient (Wildman–Crippen LogP) is 2.47. The number of azide groups is 1. The van der Waals surface area contributed by atoms with E-state index in [1.165, 1.54) is 11.3 Å². The molecule has 1 aliphatic rings. The van der Waals surface area contributed by atoms with Crippen LogP contribution in [0.3, 0.4) is 0 Å². The number of hydrogen-bond acceptors (Lipinski definition) is 5. The molecular formula is C13H17N5O3S. The van der Waals surface area contributed by atoms with E-state index in [-0.39, 0.29) is 18.5 Å². The molecule has 0 spiro atoms. The van der Waals surface area contributed by atoms with Gasteiger partial charge in [-0.25, -0.2) is 4.79 Å². The Hall–Kier alpha value is -2.25. The van der Waals surface area contributed by atoms with Gasteiger partial charge in [0, 0.05) is 36.0 Å². The number of nitrogens with zero attached hydrogens (tertiary/aromatic N) is 5. The average molecular weight is 323 g/mol. The van der Waals surface area contributed by atoms with E-state index in [2.05, 4.69) is 10.0 Å². The van der Waals surface area contributed by atoms with Crippen LogP contribution in [0.25, 0.3) is 10.4 Å². The third-order valence-corrected chi connectivity index (χ3v) is 4.31. The van der Waals surface area contributed by atoms with Crippen LogP contribution in [0.2, 0.25) is 0 Å². The highest BCUT2D eigenvalue weighted by molar-refractivity contribution is 7.14. The molecule has 0 bridgehead atoms. The number of piperazine rings is 1. The van der Waals surface area contributed by atoms with Crippen molar-refractivity contribution >= 4 is 23.3 Å². The molecule has 2 rings (SSSR count). The molecule has 0 unspecified atom stereocenters. The second-order valence-electron chi connectivity index (χ2n) is 4.63. The molecule has 0 aliphatic carbocycles. The fourth-order valence-corrected chi connectivity index (χ4v) is 3.04. The summed E-state index contributed by atoms with van der Waals surface area (Å²) in [4.78, 5) is 31.5. The predicted molar refractivity (Wildman–Crippen MR) is 81.7 cm³/mol. The summed E-state index contributed by atoms with van der Waals surface area (Å²) in [7, 11) is 0. The van der Waals surface area contributed by atoms with Gasteiger partial charge in [-0.05, 0) is 24.6 Å². The molecule has 9 heteroatoms. The van der Waals surface area contributed by atoms with Crippen molar-refractivity contribution in [2.45, 2.75) is 13.5 Å². The van der Waals surface area contributed by atoms with Crippen LogP contribution in [-0.4, -0.2) is 54.6 Å². The highest BCUT2D eigenvalue weighted by Crippen LogP contribution is 2.20. The van der Waals surface area contributed by atoms with Crippen molar-refractivity contribution in [3.05, 3.63) is 32.3 Å². The van der Waals surface area contributed by atoms with Crippen LogP contribution >= 0.6 is 11.3 Å². The largest absolute Gasteiger partial charge is 0.450 e. The maximum absolute atomic E-state index is 12.4. The first-order valence-corrected chi connectivity index (χ1v) is 7.78. The quantitative estimate of drug-likeness (QED) is 0.483. The number of amides is 2. The molecule has 2 amide bonds. The lowest BCUT2D eigenvalue weighted by Gasteiger charge is -2.33. The molecule has 118 valence electrons. The molecule has 1 fully saturated rings. The Kier molecular flexibility index (Phi) is 5.62. The molecule has 8 nitrogen and oxygen atoms in total. The van der Waals surface area contributed by atoms with E-state index in [0.717, 1.165) is 4.88 Å². The van der Waals surface area contributed by atoms with Crippen LogP contribution in [0.15, 0.2) is 17.2 Å². The van der Waals surface area contributed by atoms with E-state index >= 15 is 0 Å². The summed E-state index contributed by atoms with van der Waals surface area (Å²) in [5, 5.41) is 3.48. The smallest absolute Gasteiger partial charge is 0.409 e. The maximum atomic E-state index is 12.4. The molecule has 0 N–H and O–H groups in total. The Morgan fingerprint density at radius 1 is 1.32 bits per heavy atom. The number of thiophene rings is 1. The Balaban J connectivity index is 1.90. The van der Waals surface area contributed by atoms with Crippen molar-refractivity contribution < 1.29 is 14.3 Å². The molecule has 22 heavy (non-hydrogen) atoms. The zero-order valence-electron chi connectivity index (χ0n) is 12.3. The van der Waals surface area contributed by atoms with E-state index in [9.17, 15) is 9.59 Å². The highest BCUT2D eigenvalue weighted by atomic mass is 32.1. The molecule has 1 aliphatic heterocycles. The Bertz CT molecular complexity index is 588. The van der Waals surface area contributed by atoms with E-state index in [0.29, 0.717) is 37.7 Å². The van der Waals surface area contributed by atoms with Crippen molar-refractivity contribution in [3.63, 3.8) is 0 Å².